The molecule has 2 N–H and O–H groups in total. The van der Waals surface area contributed by atoms with Crippen molar-refractivity contribution in [2.45, 2.75) is 26.2 Å². The molecule has 0 amide bonds. The molecule has 0 aromatic heterocycles. The first-order valence-corrected chi connectivity index (χ1v) is 5.33. The predicted octanol–water partition coefficient (Wildman–Crippen LogP) is 1.74. The smallest absolute Gasteiger partial charge is 0.135 e. The monoisotopic (exact) mass is 206 g/mol. The summed E-state index contributed by atoms with van der Waals surface area (Å²) < 4.78 is 6.17. The zero-order chi connectivity index (χ0) is 9.68. The van der Waals surface area contributed by atoms with Gasteiger partial charge in [0.15, 0.2) is 0 Å². The number of hydrazine groups is 1. The highest BCUT2D eigenvalue weighted by Gasteiger charge is 2.21. The van der Waals surface area contributed by atoms with Crippen LogP contribution < -0.4 is 5.84 Å². The molecule has 2 unspecified atom stereocenters. The Morgan fingerprint density at radius 3 is 2.85 bits per heavy atom. The van der Waals surface area contributed by atoms with Gasteiger partial charge in [-0.15, -0.1) is 4.33 Å². The first kappa shape index (κ1) is 11.3. The second-order valence-corrected chi connectivity index (χ2v) is 4.62. The van der Waals surface area contributed by atoms with Crippen molar-refractivity contribution >= 4 is 12.2 Å². The molecule has 4 nitrogen and oxygen atoms in total. The lowest BCUT2D eigenvalue weighted by molar-refractivity contribution is -0.203. The van der Waals surface area contributed by atoms with Crippen LogP contribution in [0.2, 0.25) is 0 Å². The van der Waals surface area contributed by atoms with Crippen molar-refractivity contribution in [3.05, 3.63) is 0 Å². The van der Waals surface area contributed by atoms with E-state index in [0.29, 0.717) is 12.5 Å². The zero-order valence-corrected chi connectivity index (χ0v) is 9.05. The number of hydrogen-bond acceptors (Lipinski definition) is 5. The summed E-state index contributed by atoms with van der Waals surface area (Å²) in [6.45, 7) is 2.97. The fourth-order valence-electron chi connectivity index (χ4n) is 1.67. The van der Waals surface area contributed by atoms with Gasteiger partial charge in [-0.05, 0) is 24.7 Å². The molecule has 0 aliphatic heterocycles. The van der Waals surface area contributed by atoms with Gasteiger partial charge in [-0.25, -0.2) is 4.89 Å². The van der Waals surface area contributed by atoms with Crippen LogP contribution in [0.1, 0.15) is 26.2 Å². The van der Waals surface area contributed by atoms with Crippen LogP contribution in [0.3, 0.4) is 0 Å². The third-order valence-corrected chi connectivity index (χ3v) is 2.70. The van der Waals surface area contributed by atoms with Gasteiger partial charge in [-0.2, -0.15) is 4.41 Å². The molecule has 0 saturated heterocycles. The van der Waals surface area contributed by atoms with Gasteiger partial charge >= 0.3 is 0 Å². The van der Waals surface area contributed by atoms with Crippen LogP contribution in [0.15, 0.2) is 0 Å². The maximum Gasteiger partial charge on any atom is 0.135 e. The van der Waals surface area contributed by atoms with Crippen molar-refractivity contribution in [2.75, 3.05) is 13.7 Å². The maximum atomic E-state index is 5.30. The van der Waals surface area contributed by atoms with Crippen molar-refractivity contribution < 1.29 is 9.22 Å². The molecule has 5 heteroatoms. The van der Waals surface area contributed by atoms with Crippen molar-refractivity contribution in [1.29, 1.82) is 0 Å². The highest BCUT2D eigenvalue weighted by molar-refractivity contribution is 7.92. The molecule has 0 radical (unpaired) electrons. The van der Waals surface area contributed by atoms with Gasteiger partial charge in [0, 0.05) is 7.05 Å². The van der Waals surface area contributed by atoms with Gasteiger partial charge in [0.1, 0.15) is 12.2 Å². The zero-order valence-electron chi connectivity index (χ0n) is 8.23. The van der Waals surface area contributed by atoms with Gasteiger partial charge in [0.25, 0.3) is 0 Å². The minimum Gasteiger partial charge on any atom is -0.257 e. The van der Waals surface area contributed by atoms with E-state index >= 15 is 0 Å². The molecule has 1 fully saturated rings. The molecule has 0 heterocycles. The largest absolute Gasteiger partial charge is 0.257 e. The van der Waals surface area contributed by atoms with Crippen molar-refractivity contribution in [1.82, 2.24) is 4.41 Å². The molecule has 13 heavy (non-hydrogen) atoms. The Hall–Kier alpha value is 0.190. The Labute approximate surface area is 84.0 Å². The van der Waals surface area contributed by atoms with Crippen molar-refractivity contribution in [3.8, 4) is 0 Å². The lowest BCUT2D eigenvalue weighted by Gasteiger charge is -2.10. The average molecular weight is 206 g/mol. The third-order valence-electron chi connectivity index (χ3n) is 2.30. The summed E-state index contributed by atoms with van der Waals surface area (Å²) in [6, 6.07) is 0. The normalized spacial score (nSPS) is 28.6. The lowest BCUT2D eigenvalue weighted by Crippen LogP contribution is -2.18. The van der Waals surface area contributed by atoms with E-state index in [1.165, 1.54) is 23.7 Å². The van der Waals surface area contributed by atoms with E-state index in [0.717, 1.165) is 18.1 Å². The SMILES string of the molecule is CC1CCC(COOSN(C)N)C1. The van der Waals surface area contributed by atoms with Crippen molar-refractivity contribution in [3.63, 3.8) is 0 Å². The Balaban J connectivity index is 1.94. The molecule has 1 saturated carbocycles. The Morgan fingerprint density at radius 2 is 2.31 bits per heavy atom. The van der Waals surface area contributed by atoms with Crippen LogP contribution in [0.5, 0.6) is 0 Å². The quantitative estimate of drug-likeness (QED) is 0.185. The standard InChI is InChI=1S/C8H18N2O2S/c1-7-3-4-8(5-7)6-11-12-13-10(2)9/h7-8H,3-6,9H2,1-2H3. The molecule has 78 valence electrons. The first-order valence-electron chi connectivity index (χ1n) is 4.63. The molecule has 0 aromatic carbocycles. The van der Waals surface area contributed by atoms with Gasteiger partial charge in [-0.3, -0.25) is 5.84 Å². The summed E-state index contributed by atoms with van der Waals surface area (Å²) in [5, 5.41) is 0. The van der Waals surface area contributed by atoms with Gasteiger partial charge in [-0.1, -0.05) is 13.3 Å². The molecule has 0 bridgehead atoms. The van der Waals surface area contributed by atoms with Crippen LogP contribution in [-0.2, 0) is 9.22 Å². The molecule has 0 spiro atoms. The van der Waals surface area contributed by atoms with Crippen LogP contribution in [0.4, 0.5) is 0 Å². The number of rotatable bonds is 5. The van der Waals surface area contributed by atoms with E-state index in [1.54, 1.807) is 7.05 Å². The molecule has 0 aromatic rings. The van der Waals surface area contributed by atoms with E-state index in [9.17, 15) is 0 Å². The topological polar surface area (TPSA) is 47.7 Å². The molecule has 2 atom stereocenters. The first-order chi connectivity index (χ1) is 6.18. The number of nitrogens with two attached hydrogens (primary N) is 1. The average Bonchev–Trinajstić information content (AvgIpc) is 2.45. The second kappa shape index (κ2) is 5.82. The second-order valence-electron chi connectivity index (χ2n) is 3.76. The minimum absolute atomic E-state index is 0.665. The Morgan fingerprint density at radius 1 is 1.54 bits per heavy atom. The summed E-state index contributed by atoms with van der Waals surface area (Å²) >= 11 is 1.00. The Bertz CT molecular complexity index is 146. The Kier molecular flexibility index (Phi) is 5.05. The molecular weight excluding hydrogens is 188 g/mol. The third kappa shape index (κ3) is 4.83. The predicted molar refractivity (Wildman–Crippen MR) is 53.1 cm³/mol. The fourth-order valence-corrected chi connectivity index (χ4v) is 1.86. The molecule has 1 aliphatic rings. The highest BCUT2D eigenvalue weighted by atomic mass is 32.2. The lowest BCUT2D eigenvalue weighted by atomic mass is 10.1. The van der Waals surface area contributed by atoms with Gasteiger partial charge in [0.05, 0.1) is 6.61 Å². The van der Waals surface area contributed by atoms with Crippen LogP contribution in [-0.4, -0.2) is 18.1 Å². The van der Waals surface area contributed by atoms with E-state index in [-0.39, 0.29) is 0 Å². The van der Waals surface area contributed by atoms with Gasteiger partial charge < -0.3 is 0 Å². The van der Waals surface area contributed by atoms with Gasteiger partial charge in [0.2, 0.25) is 0 Å². The van der Waals surface area contributed by atoms with E-state index in [4.69, 9.17) is 15.1 Å². The van der Waals surface area contributed by atoms with Crippen LogP contribution >= 0.6 is 12.2 Å². The summed E-state index contributed by atoms with van der Waals surface area (Å²) in [7, 11) is 1.70. The maximum absolute atomic E-state index is 5.30. The van der Waals surface area contributed by atoms with Crippen LogP contribution in [0.25, 0.3) is 0 Å². The van der Waals surface area contributed by atoms with Crippen molar-refractivity contribution in [2.24, 2.45) is 17.7 Å². The minimum atomic E-state index is 0.665. The summed E-state index contributed by atoms with van der Waals surface area (Å²) in [5.41, 5.74) is 0. The number of nitrogens with zero attached hydrogens (tertiary/aromatic N) is 1. The van der Waals surface area contributed by atoms with E-state index < -0.39 is 0 Å². The molecule has 1 aliphatic carbocycles. The highest BCUT2D eigenvalue weighted by Crippen LogP contribution is 2.30. The fraction of sp³-hybridized carbons (Fsp3) is 1.00. The summed E-state index contributed by atoms with van der Waals surface area (Å²) in [6.07, 6.45) is 3.83. The van der Waals surface area contributed by atoms with E-state index in [2.05, 4.69) is 6.92 Å². The number of hydrogen-bond donors (Lipinski definition) is 1. The molecule has 1 rings (SSSR count). The van der Waals surface area contributed by atoms with Crippen LogP contribution in [0, 0.1) is 11.8 Å². The molecular formula is C8H18N2O2S. The summed E-state index contributed by atoms with van der Waals surface area (Å²) in [4.78, 5) is 5.02. The summed E-state index contributed by atoms with van der Waals surface area (Å²) in [5.74, 6) is 6.81. The van der Waals surface area contributed by atoms with E-state index in [1.807, 2.05) is 0 Å².